The number of rotatable bonds is 3. The lowest BCUT2D eigenvalue weighted by Crippen LogP contribution is -1.92. The van der Waals surface area contributed by atoms with Crippen LogP contribution < -0.4 is 0 Å². The standard InChI is InChI=1S/C26H21/c1-2-8-21-17-20-10-4-6-13-23(20)26(21)24-14-7-11-19-16-15-18-9-3-5-12-22(18)25(19)24/h3-7,9-17H,2,8H2,1H3. The van der Waals surface area contributed by atoms with Gasteiger partial charge in [0, 0.05) is 6.42 Å². The molecule has 125 valence electrons. The van der Waals surface area contributed by atoms with Crippen LogP contribution in [0.5, 0.6) is 0 Å². The van der Waals surface area contributed by atoms with Crippen LogP contribution in [0.4, 0.5) is 0 Å². The molecule has 0 fully saturated rings. The molecule has 0 amide bonds. The summed E-state index contributed by atoms with van der Waals surface area (Å²) < 4.78 is 0. The number of allylic oxidation sites excluding steroid dienone is 1. The van der Waals surface area contributed by atoms with Crippen molar-refractivity contribution >= 4 is 27.1 Å². The smallest absolute Gasteiger partial charge is 0.0170 e. The molecule has 4 aromatic carbocycles. The highest BCUT2D eigenvalue weighted by Crippen LogP contribution is 2.43. The summed E-state index contributed by atoms with van der Waals surface area (Å²) in [5, 5.41) is 5.34. The molecule has 1 radical (unpaired) electrons. The van der Waals surface area contributed by atoms with Crippen molar-refractivity contribution in [1.82, 2.24) is 0 Å². The Morgan fingerprint density at radius 1 is 0.654 bits per heavy atom. The quantitative estimate of drug-likeness (QED) is 0.349. The zero-order valence-corrected chi connectivity index (χ0v) is 15.0. The molecule has 0 aliphatic heterocycles. The first-order valence-electron chi connectivity index (χ1n) is 9.45. The maximum atomic E-state index is 2.39. The van der Waals surface area contributed by atoms with E-state index in [4.69, 9.17) is 0 Å². The van der Waals surface area contributed by atoms with Gasteiger partial charge in [0.2, 0.25) is 0 Å². The van der Waals surface area contributed by atoms with Gasteiger partial charge in [-0.05, 0) is 50.2 Å². The van der Waals surface area contributed by atoms with Gasteiger partial charge in [0.25, 0.3) is 0 Å². The summed E-state index contributed by atoms with van der Waals surface area (Å²) in [4.78, 5) is 0. The molecule has 0 heterocycles. The topological polar surface area (TPSA) is 0 Å². The molecule has 0 heteroatoms. The van der Waals surface area contributed by atoms with Crippen molar-refractivity contribution in [3.8, 4) is 0 Å². The van der Waals surface area contributed by atoms with Gasteiger partial charge in [-0.1, -0.05) is 97.8 Å². The van der Waals surface area contributed by atoms with E-state index in [2.05, 4.69) is 92.2 Å². The lowest BCUT2D eigenvalue weighted by atomic mass is 9.89. The second kappa shape index (κ2) is 6.14. The molecule has 0 saturated carbocycles. The Morgan fingerprint density at radius 2 is 1.38 bits per heavy atom. The highest BCUT2D eigenvalue weighted by Gasteiger charge is 2.23. The molecule has 26 heavy (non-hydrogen) atoms. The van der Waals surface area contributed by atoms with E-state index >= 15 is 0 Å². The van der Waals surface area contributed by atoms with Gasteiger partial charge in [-0.15, -0.1) is 0 Å². The van der Waals surface area contributed by atoms with Gasteiger partial charge in [-0.2, -0.15) is 0 Å². The molecule has 0 atom stereocenters. The van der Waals surface area contributed by atoms with Gasteiger partial charge in [0.1, 0.15) is 0 Å². The summed E-state index contributed by atoms with van der Waals surface area (Å²) in [5.74, 6) is 0. The maximum Gasteiger partial charge on any atom is 0.0170 e. The fourth-order valence-electron chi connectivity index (χ4n) is 4.34. The molecule has 0 nitrogen and oxygen atoms in total. The molecule has 0 aromatic heterocycles. The van der Waals surface area contributed by atoms with Crippen LogP contribution in [0.15, 0.2) is 84.4 Å². The van der Waals surface area contributed by atoms with Crippen molar-refractivity contribution in [2.24, 2.45) is 0 Å². The van der Waals surface area contributed by atoms with Gasteiger partial charge < -0.3 is 0 Å². The summed E-state index contributed by atoms with van der Waals surface area (Å²) in [6.45, 7) is 2.26. The van der Waals surface area contributed by atoms with Crippen LogP contribution in [-0.2, 0) is 0 Å². The second-order valence-electron chi connectivity index (χ2n) is 7.07. The van der Waals surface area contributed by atoms with Crippen molar-refractivity contribution < 1.29 is 0 Å². The van der Waals surface area contributed by atoms with E-state index in [9.17, 15) is 0 Å². The zero-order valence-electron chi connectivity index (χ0n) is 15.0. The first kappa shape index (κ1) is 15.4. The van der Waals surface area contributed by atoms with Crippen LogP contribution in [0, 0.1) is 6.42 Å². The van der Waals surface area contributed by atoms with E-state index in [1.807, 2.05) is 0 Å². The van der Waals surface area contributed by atoms with Crippen molar-refractivity contribution in [1.29, 1.82) is 0 Å². The van der Waals surface area contributed by atoms with E-state index in [-0.39, 0.29) is 0 Å². The lowest BCUT2D eigenvalue weighted by Gasteiger charge is -2.14. The highest BCUT2D eigenvalue weighted by molar-refractivity contribution is 6.14. The Morgan fingerprint density at radius 3 is 2.31 bits per heavy atom. The van der Waals surface area contributed by atoms with Crippen molar-refractivity contribution in [2.45, 2.75) is 19.8 Å². The predicted octanol–water partition coefficient (Wildman–Crippen LogP) is 7.16. The van der Waals surface area contributed by atoms with Crippen molar-refractivity contribution in [3.63, 3.8) is 0 Å². The van der Waals surface area contributed by atoms with E-state index in [1.54, 1.807) is 0 Å². The van der Waals surface area contributed by atoms with Crippen LogP contribution in [0.25, 0.3) is 27.1 Å². The molecule has 1 aliphatic carbocycles. The SMILES string of the molecule is CCCC1=C(c2cccc3ccc4ccccc4c23)c2ccccc2[CH]1. The number of hydrogen-bond acceptors (Lipinski definition) is 0. The van der Waals surface area contributed by atoms with Gasteiger partial charge in [-0.25, -0.2) is 0 Å². The minimum absolute atomic E-state index is 1.12. The number of fused-ring (bicyclic) bond motifs is 4. The molecule has 0 spiro atoms. The summed E-state index contributed by atoms with van der Waals surface area (Å²) in [6.07, 6.45) is 4.66. The number of hydrogen-bond donors (Lipinski definition) is 0. The van der Waals surface area contributed by atoms with Gasteiger partial charge in [0.15, 0.2) is 0 Å². The Bertz CT molecular complexity index is 1160. The predicted molar refractivity (Wildman–Crippen MR) is 112 cm³/mol. The molecule has 5 rings (SSSR count). The Hall–Kier alpha value is -2.86. The van der Waals surface area contributed by atoms with Crippen molar-refractivity contribution in [2.75, 3.05) is 0 Å². The minimum atomic E-state index is 1.12. The van der Waals surface area contributed by atoms with E-state index in [0.29, 0.717) is 0 Å². The molecule has 0 unspecified atom stereocenters. The normalized spacial score (nSPS) is 13.6. The summed E-state index contributed by atoms with van der Waals surface area (Å²) >= 11 is 0. The third kappa shape index (κ3) is 2.29. The van der Waals surface area contributed by atoms with Crippen LogP contribution >= 0.6 is 0 Å². The van der Waals surface area contributed by atoms with E-state index < -0.39 is 0 Å². The maximum absolute atomic E-state index is 2.39. The third-order valence-corrected chi connectivity index (χ3v) is 5.44. The average molecular weight is 333 g/mol. The van der Waals surface area contributed by atoms with Crippen LogP contribution in [0.3, 0.4) is 0 Å². The van der Waals surface area contributed by atoms with Crippen LogP contribution in [0.2, 0.25) is 0 Å². The molecule has 4 aromatic rings. The summed E-state index contributed by atoms with van der Waals surface area (Å²) in [5.41, 5.74) is 6.97. The van der Waals surface area contributed by atoms with E-state index in [1.165, 1.54) is 49.4 Å². The van der Waals surface area contributed by atoms with Crippen LogP contribution in [-0.4, -0.2) is 0 Å². The molecule has 0 bridgehead atoms. The molecule has 1 aliphatic rings. The molecule has 0 saturated heterocycles. The number of benzene rings is 4. The van der Waals surface area contributed by atoms with Gasteiger partial charge in [-0.3, -0.25) is 0 Å². The minimum Gasteiger partial charge on any atom is -0.0651 e. The first-order valence-corrected chi connectivity index (χ1v) is 9.45. The largest absolute Gasteiger partial charge is 0.0651 e. The fraction of sp³-hybridized carbons (Fsp3) is 0.115. The highest BCUT2D eigenvalue weighted by atomic mass is 14.3. The van der Waals surface area contributed by atoms with Crippen LogP contribution in [0.1, 0.15) is 36.5 Å². The van der Waals surface area contributed by atoms with Gasteiger partial charge in [0.05, 0.1) is 0 Å². The summed E-state index contributed by atoms with van der Waals surface area (Å²) in [7, 11) is 0. The third-order valence-electron chi connectivity index (χ3n) is 5.44. The first-order chi connectivity index (χ1) is 12.9. The Kier molecular flexibility index (Phi) is 3.64. The second-order valence-corrected chi connectivity index (χ2v) is 7.07. The molecular formula is C26H21. The summed E-state index contributed by atoms with van der Waals surface area (Å²) in [6, 6.07) is 28.8. The molecular weight excluding hydrogens is 312 g/mol. The van der Waals surface area contributed by atoms with Gasteiger partial charge >= 0.3 is 0 Å². The molecule has 0 N–H and O–H groups in total. The van der Waals surface area contributed by atoms with E-state index in [0.717, 1.165) is 12.8 Å². The lowest BCUT2D eigenvalue weighted by molar-refractivity contribution is 0.921. The Labute approximate surface area is 154 Å². The monoisotopic (exact) mass is 333 g/mol. The Balaban J connectivity index is 1.89. The van der Waals surface area contributed by atoms with Crippen molar-refractivity contribution in [3.05, 3.63) is 108 Å². The fourth-order valence-corrected chi connectivity index (χ4v) is 4.34. The average Bonchev–Trinajstić information content (AvgIpc) is 3.05. The zero-order chi connectivity index (χ0) is 17.5.